The molecule has 102 valence electrons. The van der Waals surface area contributed by atoms with Crippen molar-refractivity contribution >= 4 is 0 Å². The molecule has 4 nitrogen and oxygen atoms in total. The summed E-state index contributed by atoms with van der Waals surface area (Å²) >= 11 is 0. The average Bonchev–Trinajstić information content (AvgIpc) is 2.37. The van der Waals surface area contributed by atoms with Crippen LogP contribution in [0, 0.1) is 5.92 Å². The zero-order valence-electron chi connectivity index (χ0n) is 11.5. The molecule has 4 heteroatoms. The van der Waals surface area contributed by atoms with E-state index >= 15 is 0 Å². The summed E-state index contributed by atoms with van der Waals surface area (Å²) in [5.41, 5.74) is 0.710. The van der Waals surface area contributed by atoms with Crippen molar-refractivity contribution in [1.82, 2.24) is 0 Å². The van der Waals surface area contributed by atoms with E-state index in [-0.39, 0.29) is 6.61 Å². The maximum absolute atomic E-state index is 10.1. The summed E-state index contributed by atoms with van der Waals surface area (Å²) in [6.07, 6.45) is -0.690. The van der Waals surface area contributed by atoms with Crippen LogP contribution in [0.25, 0.3) is 0 Å². The van der Waals surface area contributed by atoms with Crippen molar-refractivity contribution in [2.75, 3.05) is 27.4 Å². The summed E-state index contributed by atoms with van der Waals surface area (Å²) in [7, 11) is 3.16. The molecule has 18 heavy (non-hydrogen) atoms. The van der Waals surface area contributed by atoms with Gasteiger partial charge in [-0.05, 0) is 18.1 Å². The fraction of sp³-hybridized carbons (Fsp3) is 0.571. The first kappa shape index (κ1) is 14.8. The Morgan fingerprint density at radius 2 is 1.83 bits per heavy atom. The van der Waals surface area contributed by atoms with E-state index in [1.165, 1.54) is 0 Å². The second kappa shape index (κ2) is 7.24. The largest absolute Gasteiger partial charge is 0.497 e. The molecule has 1 rings (SSSR count). The van der Waals surface area contributed by atoms with E-state index in [1.54, 1.807) is 32.4 Å². The maximum Gasteiger partial charge on any atom is 0.128 e. The second-order valence-corrected chi connectivity index (χ2v) is 4.55. The Morgan fingerprint density at radius 1 is 1.11 bits per heavy atom. The van der Waals surface area contributed by atoms with Gasteiger partial charge in [0.05, 0.1) is 20.8 Å². The van der Waals surface area contributed by atoms with Crippen molar-refractivity contribution in [3.05, 3.63) is 23.8 Å². The number of aliphatic hydroxyl groups is 1. The Labute approximate surface area is 108 Å². The number of hydrogen-bond acceptors (Lipinski definition) is 4. The minimum Gasteiger partial charge on any atom is -0.497 e. The van der Waals surface area contributed by atoms with E-state index in [4.69, 9.17) is 14.2 Å². The molecule has 0 aliphatic carbocycles. The first-order valence-electron chi connectivity index (χ1n) is 6.06. The number of ether oxygens (including phenoxy) is 3. The van der Waals surface area contributed by atoms with Gasteiger partial charge in [-0.2, -0.15) is 0 Å². The maximum atomic E-state index is 10.1. The molecular formula is C14H22O4. The lowest BCUT2D eigenvalue weighted by Gasteiger charge is -2.16. The van der Waals surface area contributed by atoms with Crippen molar-refractivity contribution in [1.29, 1.82) is 0 Å². The lowest BCUT2D eigenvalue weighted by molar-refractivity contribution is 0.0239. The van der Waals surface area contributed by atoms with Gasteiger partial charge < -0.3 is 19.3 Å². The molecule has 1 aromatic carbocycles. The van der Waals surface area contributed by atoms with E-state index < -0.39 is 6.10 Å². The molecule has 0 spiro atoms. The highest BCUT2D eigenvalue weighted by Crippen LogP contribution is 2.29. The van der Waals surface area contributed by atoms with E-state index in [2.05, 4.69) is 13.8 Å². The Kier molecular flexibility index (Phi) is 5.95. The van der Waals surface area contributed by atoms with Crippen LogP contribution in [-0.2, 0) is 4.74 Å². The van der Waals surface area contributed by atoms with E-state index in [0.29, 0.717) is 29.6 Å². The molecule has 1 unspecified atom stereocenters. The number of benzene rings is 1. The molecule has 0 saturated carbocycles. The molecule has 1 atom stereocenters. The summed E-state index contributed by atoms with van der Waals surface area (Å²) in [6, 6.07) is 5.34. The Hall–Kier alpha value is -1.26. The van der Waals surface area contributed by atoms with Gasteiger partial charge in [-0.3, -0.25) is 0 Å². The average molecular weight is 254 g/mol. The Balaban J connectivity index is 2.69. The van der Waals surface area contributed by atoms with Gasteiger partial charge in [-0.25, -0.2) is 0 Å². The van der Waals surface area contributed by atoms with Crippen molar-refractivity contribution < 1.29 is 19.3 Å². The van der Waals surface area contributed by atoms with Crippen molar-refractivity contribution in [2.45, 2.75) is 20.0 Å². The van der Waals surface area contributed by atoms with Gasteiger partial charge in [0.25, 0.3) is 0 Å². The molecule has 0 fully saturated rings. The standard InChI is InChI=1S/C14H22O4/c1-10(2)8-18-9-13(15)12-6-5-11(16-3)7-14(12)17-4/h5-7,10,13,15H,8-9H2,1-4H3. The third-order valence-corrected chi connectivity index (χ3v) is 2.53. The highest BCUT2D eigenvalue weighted by atomic mass is 16.5. The van der Waals surface area contributed by atoms with Crippen molar-refractivity contribution in [2.24, 2.45) is 5.92 Å². The van der Waals surface area contributed by atoms with Crippen LogP contribution in [0.15, 0.2) is 18.2 Å². The first-order chi connectivity index (χ1) is 8.58. The topological polar surface area (TPSA) is 47.9 Å². The molecule has 0 amide bonds. The van der Waals surface area contributed by atoms with Crippen LogP contribution in [0.2, 0.25) is 0 Å². The molecule has 1 N–H and O–H groups in total. The number of rotatable bonds is 7. The molecule has 0 saturated heterocycles. The molecule has 0 aromatic heterocycles. The van der Waals surface area contributed by atoms with Crippen LogP contribution < -0.4 is 9.47 Å². The molecular weight excluding hydrogens is 232 g/mol. The first-order valence-corrected chi connectivity index (χ1v) is 6.06. The summed E-state index contributed by atoms with van der Waals surface area (Å²) in [5.74, 6) is 1.76. The summed E-state index contributed by atoms with van der Waals surface area (Å²) in [4.78, 5) is 0. The zero-order chi connectivity index (χ0) is 13.5. The molecule has 0 radical (unpaired) electrons. The number of methoxy groups -OCH3 is 2. The summed E-state index contributed by atoms with van der Waals surface area (Å²) in [5, 5.41) is 10.1. The quantitative estimate of drug-likeness (QED) is 0.811. The van der Waals surface area contributed by atoms with Crippen LogP contribution in [0.4, 0.5) is 0 Å². The highest BCUT2D eigenvalue weighted by Gasteiger charge is 2.14. The fourth-order valence-electron chi connectivity index (χ4n) is 1.60. The third kappa shape index (κ3) is 4.20. The molecule has 0 aliphatic rings. The van der Waals surface area contributed by atoms with Gasteiger partial charge in [0.2, 0.25) is 0 Å². The molecule has 1 aromatic rings. The Bertz CT molecular complexity index is 363. The monoisotopic (exact) mass is 254 g/mol. The van der Waals surface area contributed by atoms with Crippen LogP contribution in [0.1, 0.15) is 25.5 Å². The predicted octanol–water partition coefficient (Wildman–Crippen LogP) is 2.41. The number of aliphatic hydroxyl groups excluding tert-OH is 1. The van der Waals surface area contributed by atoms with Crippen LogP contribution in [0.5, 0.6) is 11.5 Å². The minimum absolute atomic E-state index is 0.265. The van der Waals surface area contributed by atoms with Gasteiger partial charge in [0.1, 0.15) is 17.6 Å². The van der Waals surface area contributed by atoms with Gasteiger partial charge in [0.15, 0.2) is 0 Å². The van der Waals surface area contributed by atoms with Crippen molar-refractivity contribution in [3.63, 3.8) is 0 Å². The van der Waals surface area contributed by atoms with E-state index in [9.17, 15) is 5.11 Å². The second-order valence-electron chi connectivity index (χ2n) is 4.55. The van der Waals surface area contributed by atoms with Gasteiger partial charge in [-0.15, -0.1) is 0 Å². The highest BCUT2D eigenvalue weighted by molar-refractivity contribution is 5.41. The molecule has 0 aliphatic heterocycles. The Morgan fingerprint density at radius 3 is 2.39 bits per heavy atom. The van der Waals surface area contributed by atoms with Gasteiger partial charge >= 0.3 is 0 Å². The lowest BCUT2D eigenvalue weighted by atomic mass is 10.1. The zero-order valence-corrected chi connectivity index (χ0v) is 11.5. The third-order valence-electron chi connectivity index (χ3n) is 2.53. The van der Waals surface area contributed by atoms with Gasteiger partial charge in [0, 0.05) is 18.2 Å². The summed E-state index contributed by atoms with van der Waals surface area (Å²) in [6.45, 7) is 5.04. The fourth-order valence-corrected chi connectivity index (χ4v) is 1.60. The van der Waals surface area contributed by atoms with Crippen LogP contribution >= 0.6 is 0 Å². The SMILES string of the molecule is COc1ccc(C(O)COCC(C)C)c(OC)c1. The van der Waals surface area contributed by atoms with E-state index in [1.807, 2.05) is 0 Å². The number of hydrogen-bond donors (Lipinski definition) is 1. The van der Waals surface area contributed by atoms with Crippen LogP contribution in [0.3, 0.4) is 0 Å². The van der Waals surface area contributed by atoms with E-state index in [0.717, 1.165) is 0 Å². The summed E-state index contributed by atoms with van der Waals surface area (Å²) < 4.78 is 15.8. The molecule has 0 heterocycles. The van der Waals surface area contributed by atoms with Crippen LogP contribution in [-0.4, -0.2) is 32.5 Å². The molecule has 0 bridgehead atoms. The van der Waals surface area contributed by atoms with Gasteiger partial charge in [-0.1, -0.05) is 13.8 Å². The van der Waals surface area contributed by atoms with Crippen molar-refractivity contribution in [3.8, 4) is 11.5 Å². The smallest absolute Gasteiger partial charge is 0.128 e. The lowest BCUT2D eigenvalue weighted by Crippen LogP contribution is -2.11. The normalized spacial score (nSPS) is 12.6. The minimum atomic E-state index is -0.690. The predicted molar refractivity (Wildman–Crippen MR) is 70.2 cm³/mol.